The van der Waals surface area contributed by atoms with Gasteiger partial charge in [0.2, 0.25) is 5.75 Å². The summed E-state index contributed by atoms with van der Waals surface area (Å²) in [4.78, 5) is 25.0. The fraction of sp³-hybridized carbons (Fsp3) is 0.130. The van der Waals surface area contributed by atoms with E-state index >= 15 is 0 Å². The van der Waals surface area contributed by atoms with Crippen molar-refractivity contribution in [3.05, 3.63) is 76.0 Å². The van der Waals surface area contributed by atoms with E-state index in [2.05, 4.69) is 0 Å². The van der Waals surface area contributed by atoms with E-state index in [1.54, 1.807) is 60.0 Å². The zero-order valence-electron chi connectivity index (χ0n) is 16.7. The van der Waals surface area contributed by atoms with Crippen LogP contribution in [0.15, 0.2) is 60.0 Å². The SMILES string of the molecule is COc1ccc(C=CC(=O)c2ccc(OC(=O)c3cccs3)cc2)c(OC)c1OC. The molecule has 154 valence electrons. The largest absolute Gasteiger partial charge is 0.493 e. The van der Waals surface area contributed by atoms with Crippen molar-refractivity contribution in [3.8, 4) is 23.0 Å². The first-order valence-electron chi connectivity index (χ1n) is 8.94. The van der Waals surface area contributed by atoms with Crippen LogP contribution < -0.4 is 18.9 Å². The number of esters is 1. The van der Waals surface area contributed by atoms with Gasteiger partial charge in [-0.15, -0.1) is 11.3 Å². The lowest BCUT2D eigenvalue weighted by Crippen LogP contribution is -2.06. The van der Waals surface area contributed by atoms with Crippen molar-refractivity contribution in [2.45, 2.75) is 0 Å². The van der Waals surface area contributed by atoms with Crippen molar-refractivity contribution in [2.24, 2.45) is 0 Å². The average molecular weight is 424 g/mol. The van der Waals surface area contributed by atoms with Gasteiger partial charge in [-0.2, -0.15) is 0 Å². The van der Waals surface area contributed by atoms with Crippen molar-refractivity contribution >= 4 is 29.2 Å². The van der Waals surface area contributed by atoms with E-state index in [0.29, 0.717) is 39.0 Å². The number of allylic oxidation sites excluding steroid dienone is 1. The monoisotopic (exact) mass is 424 g/mol. The molecule has 0 spiro atoms. The molecule has 3 rings (SSSR count). The molecule has 0 radical (unpaired) electrons. The molecule has 0 bridgehead atoms. The molecular weight excluding hydrogens is 404 g/mol. The summed E-state index contributed by atoms with van der Waals surface area (Å²) in [5.74, 6) is 1.19. The summed E-state index contributed by atoms with van der Waals surface area (Å²) in [6.45, 7) is 0. The first-order chi connectivity index (χ1) is 14.6. The molecule has 6 nitrogen and oxygen atoms in total. The van der Waals surface area contributed by atoms with E-state index in [1.165, 1.54) is 38.7 Å². The van der Waals surface area contributed by atoms with E-state index < -0.39 is 5.97 Å². The van der Waals surface area contributed by atoms with Gasteiger partial charge in [-0.25, -0.2) is 4.79 Å². The van der Waals surface area contributed by atoms with Crippen molar-refractivity contribution in [1.29, 1.82) is 0 Å². The minimum atomic E-state index is -0.426. The van der Waals surface area contributed by atoms with Gasteiger partial charge in [-0.1, -0.05) is 6.07 Å². The summed E-state index contributed by atoms with van der Waals surface area (Å²) >= 11 is 1.31. The number of ketones is 1. The Bertz CT molecular complexity index is 1050. The summed E-state index contributed by atoms with van der Waals surface area (Å²) < 4.78 is 21.3. The number of rotatable bonds is 8. The van der Waals surface area contributed by atoms with Crippen molar-refractivity contribution in [3.63, 3.8) is 0 Å². The van der Waals surface area contributed by atoms with Crippen LogP contribution in [0.2, 0.25) is 0 Å². The van der Waals surface area contributed by atoms with Crippen LogP contribution >= 0.6 is 11.3 Å². The number of carbonyl (C=O) groups excluding carboxylic acids is 2. The average Bonchev–Trinajstić information content (AvgIpc) is 3.32. The van der Waals surface area contributed by atoms with Crippen molar-refractivity contribution < 1.29 is 28.5 Å². The number of ether oxygens (including phenoxy) is 4. The minimum Gasteiger partial charge on any atom is -0.493 e. The van der Waals surface area contributed by atoms with Crippen LogP contribution in [0.4, 0.5) is 0 Å². The highest BCUT2D eigenvalue weighted by Crippen LogP contribution is 2.40. The van der Waals surface area contributed by atoms with Crippen LogP contribution in [0.25, 0.3) is 6.08 Å². The summed E-state index contributed by atoms with van der Waals surface area (Å²) in [6, 6.07) is 13.4. The number of carbonyl (C=O) groups is 2. The second-order valence-corrected chi connectivity index (χ2v) is 6.96. The Morgan fingerprint density at radius 1 is 0.867 bits per heavy atom. The third-order valence-electron chi connectivity index (χ3n) is 4.22. The number of hydrogen-bond acceptors (Lipinski definition) is 7. The molecule has 0 unspecified atom stereocenters. The van der Waals surface area contributed by atoms with Crippen LogP contribution in [-0.2, 0) is 0 Å². The van der Waals surface area contributed by atoms with Crippen LogP contribution in [0.3, 0.4) is 0 Å². The molecule has 0 N–H and O–H groups in total. The maximum Gasteiger partial charge on any atom is 0.353 e. The van der Waals surface area contributed by atoms with Gasteiger partial charge in [0.1, 0.15) is 10.6 Å². The Morgan fingerprint density at radius 3 is 2.20 bits per heavy atom. The summed E-state index contributed by atoms with van der Waals surface area (Å²) in [7, 11) is 4.58. The summed E-state index contributed by atoms with van der Waals surface area (Å²) in [5.41, 5.74) is 1.13. The summed E-state index contributed by atoms with van der Waals surface area (Å²) in [5, 5.41) is 1.80. The van der Waals surface area contributed by atoms with Crippen LogP contribution in [0.1, 0.15) is 25.6 Å². The Kier molecular flexibility index (Phi) is 6.87. The maximum absolute atomic E-state index is 12.5. The number of benzene rings is 2. The zero-order valence-corrected chi connectivity index (χ0v) is 17.5. The molecule has 0 aliphatic heterocycles. The third kappa shape index (κ3) is 4.69. The van der Waals surface area contributed by atoms with Crippen molar-refractivity contribution in [1.82, 2.24) is 0 Å². The normalized spacial score (nSPS) is 10.6. The lowest BCUT2D eigenvalue weighted by atomic mass is 10.1. The number of thiophene rings is 1. The second-order valence-electron chi connectivity index (χ2n) is 6.01. The predicted octanol–water partition coefficient (Wildman–Crippen LogP) is 4.89. The fourth-order valence-electron chi connectivity index (χ4n) is 2.76. The molecule has 0 atom stereocenters. The van der Waals surface area contributed by atoms with Gasteiger partial charge >= 0.3 is 5.97 Å². The minimum absolute atomic E-state index is 0.206. The highest BCUT2D eigenvalue weighted by molar-refractivity contribution is 7.12. The Balaban J connectivity index is 1.73. The van der Waals surface area contributed by atoms with Crippen LogP contribution in [-0.4, -0.2) is 33.1 Å². The Morgan fingerprint density at radius 2 is 1.60 bits per heavy atom. The zero-order chi connectivity index (χ0) is 21.5. The Hall–Kier alpha value is -3.58. The molecule has 2 aromatic carbocycles. The smallest absolute Gasteiger partial charge is 0.353 e. The summed E-state index contributed by atoms with van der Waals surface area (Å²) in [6.07, 6.45) is 3.09. The van der Waals surface area contributed by atoms with Crippen LogP contribution in [0.5, 0.6) is 23.0 Å². The fourth-order valence-corrected chi connectivity index (χ4v) is 3.36. The first kappa shape index (κ1) is 21.1. The highest BCUT2D eigenvalue weighted by atomic mass is 32.1. The number of hydrogen-bond donors (Lipinski definition) is 0. The van der Waals surface area contributed by atoms with Gasteiger partial charge in [0.05, 0.1) is 21.3 Å². The molecule has 1 aromatic heterocycles. The molecular formula is C23H20O6S. The lowest BCUT2D eigenvalue weighted by molar-refractivity contribution is 0.0740. The third-order valence-corrected chi connectivity index (χ3v) is 5.07. The van der Waals surface area contributed by atoms with E-state index in [1.807, 2.05) is 0 Å². The quantitative estimate of drug-likeness (QED) is 0.222. The molecule has 0 saturated carbocycles. The van der Waals surface area contributed by atoms with Gasteiger partial charge in [0.25, 0.3) is 0 Å². The molecule has 0 aliphatic rings. The van der Waals surface area contributed by atoms with Crippen LogP contribution in [0, 0.1) is 0 Å². The molecule has 3 aromatic rings. The molecule has 0 fully saturated rings. The molecule has 0 saturated heterocycles. The number of methoxy groups -OCH3 is 3. The Labute approximate surface area is 178 Å². The van der Waals surface area contributed by atoms with Gasteiger partial charge in [0, 0.05) is 11.1 Å². The van der Waals surface area contributed by atoms with Crippen molar-refractivity contribution in [2.75, 3.05) is 21.3 Å². The van der Waals surface area contributed by atoms with E-state index in [4.69, 9.17) is 18.9 Å². The first-order valence-corrected chi connectivity index (χ1v) is 9.82. The molecule has 1 heterocycles. The van der Waals surface area contributed by atoms with Gasteiger partial charge in [-0.3, -0.25) is 4.79 Å². The maximum atomic E-state index is 12.5. The van der Waals surface area contributed by atoms with E-state index in [-0.39, 0.29) is 5.78 Å². The standard InChI is InChI=1S/C23H20O6S/c1-26-19-13-9-16(21(27-2)22(19)28-3)8-12-18(24)15-6-10-17(11-7-15)29-23(25)20-5-4-14-30-20/h4-14H,1-3H3. The molecule has 0 aliphatic carbocycles. The second kappa shape index (κ2) is 9.76. The van der Waals surface area contributed by atoms with E-state index in [9.17, 15) is 9.59 Å². The van der Waals surface area contributed by atoms with Gasteiger partial charge in [-0.05, 0) is 60.0 Å². The van der Waals surface area contributed by atoms with Gasteiger partial charge in [0.15, 0.2) is 17.3 Å². The molecule has 0 amide bonds. The highest BCUT2D eigenvalue weighted by Gasteiger charge is 2.15. The molecule has 30 heavy (non-hydrogen) atoms. The molecule has 7 heteroatoms. The topological polar surface area (TPSA) is 71.1 Å². The predicted molar refractivity (Wildman–Crippen MR) is 115 cm³/mol. The lowest BCUT2D eigenvalue weighted by Gasteiger charge is -2.13. The van der Waals surface area contributed by atoms with Gasteiger partial charge < -0.3 is 18.9 Å². The van der Waals surface area contributed by atoms with E-state index in [0.717, 1.165) is 0 Å².